The number of urea groups is 1. The number of anilines is 1. The van der Waals surface area contributed by atoms with Crippen molar-refractivity contribution in [3.63, 3.8) is 0 Å². The smallest absolute Gasteiger partial charge is 0.319 e. The summed E-state index contributed by atoms with van der Waals surface area (Å²) in [5, 5.41) is 14.7. The molecule has 116 valence electrons. The van der Waals surface area contributed by atoms with Gasteiger partial charge in [0.2, 0.25) is 0 Å². The first-order valence-electron chi connectivity index (χ1n) is 6.91. The third-order valence-electron chi connectivity index (χ3n) is 3.22. The average molecular weight is 313 g/mol. The molecule has 0 saturated carbocycles. The highest BCUT2D eigenvalue weighted by Crippen LogP contribution is 2.19. The standard InChI is InChI=1S/C15H21ClN2O3/c1-10(3-6-14(19)20)7-8-17-15(21)18-13-9-12(16)5-4-11(13)2/h4-5,9-10H,3,6-8H2,1-2H3,(H,19,20)(H2,17,18,21). The van der Waals surface area contributed by atoms with Crippen LogP contribution < -0.4 is 10.6 Å². The third kappa shape index (κ3) is 6.99. The Morgan fingerprint density at radius 2 is 2.05 bits per heavy atom. The van der Waals surface area contributed by atoms with Gasteiger partial charge in [0.05, 0.1) is 0 Å². The molecule has 1 aromatic carbocycles. The van der Waals surface area contributed by atoms with Gasteiger partial charge in [0.1, 0.15) is 0 Å². The minimum Gasteiger partial charge on any atom is -0.481 e. The number of rotatable bonds is 7. The van der Waals surface area contributed by atoms with Crippen molar-refractivity contribution in [1.29, 1.82) is 0 Å². The van der Waals surface area contributed by atoms with E-state index in [9.17, 15) is 9.59 Å². The molecule has 0 aliphatic carbocycles. The van der Waals surface area contributed by atoms with Crippen LogP contribution in [0.5, 0.6) is 0 Å². The highest BCUT2D eigenvalue weighted by atomic mass is 35.5. The zero-order chi connectivity index (χ0) is 15.8. The molecule has 1 atom stereocenters. The van der Waals surface area contributed by atoms with E-state index < -0.39 is 5.97 Å². The zero-order valence-corrected chi connectivity index (χ0v) is 13.0. The minimum absolute atomic E-state index is 0.162. The Labute approximate surface area is 129 Å². The lowest BCUT2D eigenvalue weighted by Gasteiger charge is -2.12. The number of aryl methyl sites for hydroxylation is 1. The summed E-state index contributed by atoms with van der Waals surface area (Å²) in [5.41, 5.74) is 1.61. The fraction of sp³-hybridized carbons (Fsp3) is 0.467. The molecule has 0 saturated heterocycles. The minimum atomic E-state index is -0.788. The molecule has 21 heavy (non-hydrogen) atoms. The number of amides is 2. The molecule has 6 heteroatoms. The molecule has 1 unspecified atom stereocenters. The number of benzene rings is 1. The Bertz CT molecular complexity index is 506. The Balaban J connectivity index is 2.31. The van der Waals surface area contributed by atoms with E-state index in [0.717, 1.165) is 12.0 Å². The monoisotopic (exact) mass is 312 g/mol. The molecule has 0 fully saturated rings. The number of halogens is 1. The molecule has 0 spiro atoms. The van der Waals surface area contributed by atoms with Crippen LogP contribution in [0.2, 0.25) is 5.02 Å². The first-order valence-corrected chi connectivity index (χ1v) is 7.29. The van der Waals surface area contributed by atoms with Crippen molar-refractivity contribution in [2.75, 3.05) is 11.9 Å². The molecule has 1 rings (SSSR count). The van der Waals surface area contributed by atoms with E-state index in [0.29, 0.717) is 23.7 Å². The summed E-state index contributed by atoms with van der Waals surface area (Å²) in [6.07, 6.45) is 1.52. The Hall–Kier alpha value is -1.75. The van der Waals surface area contributed by atoms with Crippen LogP contribution >= 0.6 is 11.6 Å². The van der Waals surface area contributed by atoms with E-state index >= 15 is 0 Å². The number of nitrogens with one attached hydrogen (secondary N) is 2. The normalized spacial score (nSPS) is 11.8. The molecule has 5 nitrogen and oxygen atoms in total. The van der Waals surface area contributed by atoms with Crippen molar-refractivity contribution < 1.29 is 14.7 Å². The summed E-state index contributed by atoms with van der Waals surface area (Å²) in [4.78, 5) is 22.2. The lowest BCUT2D eigenvalue weighted by Crippen LogP contribution is -2.30. The number of carbonyl (C=O) groups is 2. The van der Waals surface area contributed by atoms with Crippen molar-refractivity contribution in [2.24, 2.45) is 5.92 Å². The second kappa shape index (κ2) is 8.52. The number of carbonyl (C=O) groups excluding carboxylic acids is 1. The molecule has 0 bridgehead atoms. The Morgan fingerprint density at radius 1 is 1.33 bits per heavy atom. The number of hydrogen-bond donors (Lipinski definition) is 3. The molecule has 0 aromatic heterocycles. The van der Waals surface area contributed by atoms with Gasteiger partial charge in [0, 0.05) is 23.7 Å². The maximum Gasteiger partial charge on any atom is 0.319 e. The van der Waals surface area contributed by atoms with Gasteiger partial charge in [-0.15, -0.1) is 0 Å². The summed E-state index contributed by atoms with van der Waals surface area (Å²) in [6.45, 7) is 4.37. The molecule has 3 N–H and O–H groups in total. The van der Waals surface area contributed by atoms with Crippen LogP contribution in [0, 0.1) is 12.8 Å². The molecule has 0 aliphatic rings. The van der Waals surface area contributed by atoms with Gasteiger partial charge in [0.25, 0.3) is 0 Å². The molecule has 0 heterocycles. The van der Waals surface area contributed by atoms with Gasteiger partial charge in [-0.3, -0.25) is 4.79 Å². The number of carboxylic acid groups (broad SMARTS) is 1. The van der Waals surface area contributed by atoms with Crippen molar-refractivity contribution in [3.05, 3.63) is 28.8 Å². The molecule has 2 amide bonds. The van der Waals surface area contributed by atoms with Gasteiger partial charge in [-0.25, -0.2) is 4.79 Å². The van der Waals surface area contributed by atoms with Crippen molar-refractivity contribution in [2.45, 2.75) is 33.1 Å². The molecular formula is C15H21ClN2O3. The van der Waals surface area contributed by atoms with Crippen LogP contribution in [0.3, 0.4) is 0 Å². The van der Waals surface area contributed by atoms with Crippen LogP contribution in [0.15, 0.2) is 18.2 Å². The lowest BCUT2D eigenvalue weighted by atomic mass is 10.0. The molecule has 0 aliphatic heterocycles. The maximum atomic E-state index is 11.8. The predicted octanol–water partition coefficient (Wildman–Crippen LogP) is 3.66. The average Bonchev–Trinajstić information content (AvgIpc) is 2.40. The molecule has 1 aromatic rings. The highest BCUT2D eigenvalue weighted by Gasteiger charge is 2.08. The van der Waals surface area contributed by atoms with Crippen molar-refractivity contribution in [3.8, 4) is 0 Å². The van der Waals surface area contributed by atoms with Gasteiger partial charge in [0.15, 0.2) is 0 Å². The number of hydrogen-bond acceptors (Lipinski definition) is 2. The van der Waals surface area contributed by atoms with E-state index in [1.807, 2.05) is 19.9 Å². The van der Waals surface area contributed by atoms with Crippen molar-refractivity contribution in [1.82, 2.24) is 5.32 Å². The van der Waals surface area contributed by atoms with Gasteiger partial charge < -0.3 is 15.7 Å². The van der Waals surface area contributed by atoms with Crippen LogP contribution in [0.25, 0.3) is 0 Å². The summed E-state index contributed by atoms with van der Waals surface area (Å²) in [7, 11) is 0. The van der Waals surface area contributed by atoms with E-state index in [1.165, 1.54) is 0 Å². The van der Waals surface area contributed by atoms with Crippen LogP contribution in [-0.4, -0.2) is 23.7 Å². The van der Waals surface area contributed by atoms with E-state index in [1.54, 1.807) is 12.1 Å². The molecular weight excluding hydrogens is 292 g/mol. The van der Waals surface area contributed by atoms with E-state index in [-0.39, 0.29) is 18.4 Å². The third-order valence-corrected chi connectivity index (χ3v) is 3.46. The Morgan fingerprint density at radius 3 is 2.71 bits per heavy atom. The summed E-state index contributed by atoms with van der Waals surface area (Å²) >= 11 is 5.89. The fourth-order valence-electron chi connectivity index (χ4n) is 1.84. The first-order chi connectivity index (χ1) is 9.88. The van der Waals surface area contributed by atoms with Crippen molar-refractivity contribution >= 4 is 29.3 Å². The molecule has 0 radical (unpaired) electrons. The highest BCUT2D eigenvalue weighted by molar-refractivity contribution is 6.31. The van der Waals surface area contributed by atoms with Gasteiger partial charge in [-0.05, 0) is 43.4 Å². The maximum absolute atomic E-state index is 11.8. The van der Waals surface area contributed by atoms with E-state index in [4.69, 9.17) is 16.7 Å². The zero-order valence-electron chi connectivity index (χ0n) is 12.3. The number of carboxylic acids is 1. The number of aliphatic carboxylic acids is 1. The lowest BCUT2D eigenvalue weighted by molar-refractivity contribution is -0.137. The van der Waals surface area contributed by atoms with Crippen LogP contribution in [-0.2, 0) is 4.79 Å². The van der Waals surface area contributed by atoms with Crippen LogP contribution in [0.4, 0.5) is 10.5 Å². The van der Waals surface area contributed by atoms with Gasteiger partial charge in [-0.1, -0.05) is 24.6 Å². The quantitative estimate of drug-likeness (QED) is 0.719. The summed E-state index contributed by atoms with van der Waals surface area (Å²) in [5.74, 6) is -0.529. The van der Waals surface area contributed by atoms with Gasteiger partial charge in [-0.2, -0.15) is 0 Å². The van der Waals surface area contributed by atoms with E-state index in [2.05, 4.69) is 10.6 Å². The first kappa shape index (κ1) is 17.3. The fourth-order valence-corrected chi connectivity index (χ4v) is 2.01. The topological polar surface area (TPSA) is 78.4 Å². The predicted molar refractivity (Wildman–Crippen MR) is 83.9 cm³/mol. The SMILES string of the molecule is Cc1ccc(Cl)cc1NC(=O)NCCC(C)CCC(=O)O. The van der Waals surface area contributed by atoms with Crippen LogP contribution in [0.1, 0.15) is 31.7 Å². The summed E-state index contributed by atoms with van der Waals surface area (Å²) in [6, 6.07) is 5.02. The van der Waals surface area contributed by atoms with Gasteiger partial charge >= 0.3 is 12.0 Å². The summed E-state index contributed by atoms with van der Waals surface area (Å²) < 4.78 is 0. The Kier molecular flexibility index (Phi) is 7.02. The second-order valence-corrected chi connectivity index (χ2v) is 5.60. The largest absolute Gasteiger partial charge is 0.481 e. The second-order valence-electron chi connectivity index (χ2n) is 5.17.